The van der Waals surface area contributed by atoms with Gasteiger partial charge in [0.2, 0.25) is 10.0 Å². The zero-order valence-corrected chi connectivity index (χ0v) is 27.5. The van der Waals surface area contributed by atoms with Crippen molar-refractivity contribution in [1.29, 1.82) is 5.26 Å². The molecule has 0 amide bonds. The summed E-state index contributed by atoms with van der Waals surface area (Å²) in [5.41, 5.74) is -5.15. The first-order valence-corrected chi connectivity index (χ1v) is 17.0. The minimum atomic E-state index is -4.03. The van der Waals surface area contributed by atoms with Gasteiger partial charge < -0.3 is 9.84 Å². The Kier molecular flexibility index (Phi) is 6.96. The second-order valence-electron chi connectivity index (χ2n) is 15.9. The van der Waals surface area contributed by atoms with Crippen molar-refractivity contribution in [3.05, 3.63) is 23.3 Å². The third kappa shape index (κ3) is 4.13. The number of sulfonamides is 1. The number of rotatable bonds is 4. The summed E-state index contributed by atoms with van der Waals surface area (Å²) in [5, 5.41) is 22.9. The van der Waals surface area contributed by atoms with Gasteiger partial charge in [-0.15, -0.1) is 0 Å². The van der Waals surface area contributed by atoms with E-state index in [1.165, 1.54) is 0 Å². The standard InChI is InChI=1S/C33H46N2O7S/c1-27(2)21-9-10-31(6)22(30(21,5)16-20(18-34)26(27)38)15-24(36)33(39)23-17-29(4,35-43(40,41)19-25(37)42-8)13-11-28(23,3)12-14-32(31,33)7/h15-16,21,23,35,39H,9-14,17,19H2,1-8H3/t21-,23+,28+,29-,30-,31+,32-,33+/m0/s1. The zero-order valence-electron chi connectivity index (χ0n) is 26.7. The quantitative estimate of drug-likeness (QED) is 0.448. The molecule has 43 heavy (non-hydrogen) atoms. The Balaban J connectivity index is 1.62. The molecule has 5 aliphatic carbocycles. The number of hydrogen-bond acceptors (Lipinski definition) is 8. The van der Waals surface area contributed by atoms with E-state index in [1.54, 1.807) is 19.1 Å². The molecule has 0 aromatic carbocycles. The lowest BCUT2D eigenvalue weighted by Gasteiger charge is -2.71. The van der Waals surface area contributed by atoms with Crippen molar-refractivity contribution < 1.29 is 32.6 Å². The van der Waals surface area contributed by atoms with E-state index >= 15 is 0 Å². The molecular weight excluding hydrogens is 568 g/mol. The number of ketones is 2. The SMILES string of the molecule is COC(=O)CS(=O)(=O)N[C@@]1(C)CC[C@]2(C)CC[C@@]3(C)[C@]4(C)CC[C@H]5C(C)(C)C(=O)C(C#N)=C[C@]5(C)C4=CC(=O)[C@]3(O)[C@@H]2C1. The molecule has 0 heterocycles. The van der Waals surface area contributed by atoms with Gasteiger partial charge in [-0.25, -0.2) is 13.1 Å². The molecule has 8 atom stereocenters. The van der Waals surface area contributed by atoms with Crippen molar-refractivity contribution in [3.8, 4) is 6.07 Å². The average Bonchev–Trinajstić information content (AvgIpc) is 2.90. The Morgan fingerprint density at radius 2 is 1.67 bits per heavy atom. The maximum atomic E-state index is 14.5. The summed E-state index contributed by atoms with van der Waals surface area (Å²) in [6, 6.07) is 2.11. The second-order valence-corrected chi connectivity index (χ2v) is 17.6. The van der Waals surface area contributed by atoms with Crippen LogP contribution in [0.4, 0.5) is 0 Å². The lowest BCUT2D eigenvalue weighted by atomic mass is 9.33. The summed E-state index contributed by atoms with van der Waals surface area (Å²) in [4.78, 5) is 39.6. The molecule has 0 spiro atoms. The topological polar surface area (TPSA) is 151 Å². The number of Topliss-reactive ketones (excluding diaryl/α,β-unsaturated/α-hetero) is 1. The van der Waals surface area contributed by atoms with Crippen LogP contribution < -0.4 is 4.72 Å². The summed E-state index contributed by atoms with van der Waals surface area (Å²) < 4.78 is 33.2. The van der Waals surface area contributed by atoms with Crippen molar-refractivity contribution in [3.63, 3.8) is 0 Å². The van der Waals surface area contributed by atoms with Crippen LogP contribution in [0, 0.1) is 50.2 Å². The van der Waals surface area contributed by atoms with Gasteiger partial charge in [0, 0.05) is 27.7 Å². The molecular formula is C33H46N2O7S. The molecule has 0 aromatic heterocycles. The number of hydrogen-bond donors (Lipinski definition) is 2. The molecule has 0 unspecified atom stereocenters. The smallest absolute Gasteiger partial charge is 0.322 e. The van der Waals surface area contributed by atoms with Gasteiger partial charge in [-0.2, -0.15) is 5.26 Å². The highest BCUT2D eigenvalue weighted by Gasteiger charge is 2.75. The van der Waals surface area contributed by atoms with Crippen LogP contribution in [0.3, 0.4) is 0 Å². The highest BCUT2D eigenvalue weighted by molar-refractivity contribution is 7.90. The van der Waals surface area contributed by atoms with E-state index < -0.39 is 65.9 Å². The highest BCUT2D eigenvalue weighted by Crippen LogP contribution is 2.75. The van der Waals surface area contributed by atoms with Gasteiger partial charge in [0.05, 0.1) is 12.7 Å². The van der Waals surface area contributed by atoms with Gasteiger partial charge in [0.15, 0.2) is 17.3 Å². The van der Waals surface area contributed by atoms with Gasteiger partial charge >= 0.3 is 5.97 Å². The van der Waals surface area contributed by atoms with Gasteiger partial charge in [-0.05, 0) is 80.3 Å². The number of allylic oxidation sites excluding steroid dienone is 3. The lowest BCUT2D eigenvalue weighted by Crippen LogP contribution is -2.74. The number of esters is 1. The van der Waals surface area contributed by atoms with Crippen molar-refractivity contribution >= 4 is 27.6 Å². The van der Waals surface area contributed by atoms with Gasteiger partial charge in [0.25, 0.3) is 0 Å². The minimum absolute atomic E-state index is 0.109. The van der Waals surface area contributed by atoms with E-state index in [0.717, 1.165) is 19.1 Å². The van der Waals surface area contributed by atoms with Gasteiger partial charge in [-0.1, -0.05) is 47.6 Å². The molecule has 5 aliphatic rings. The van der Waals surface area contributed by atoms with E-state index in [-0.39, 0.29) is 29.5 Å². The molecule has 0 saturated heterocycles. The Morgan fingerprint density at radius 1 is 1.05 bits per heavy atom. The molecule has 236 valence electrons. The number of methoxy groups -OCH3 is 1. The number of nitrogens with zero attached hydrogens (tertiary/aromatic N) is 1. The number of ether oxygens (including phenoxy) is 1. The Hall–Kier alpha value is -2.35. The molecule has 0 aliphatic heterocycles. The second kappa shape index (κ2) is 9.34. The Morgan fingerprint density at radius 3 is 2.28 bits per heavy atom. The van der Waals surface area contributed by atoms with Crippen molar-refractivity contribution in [1.82, 2.24) is 4.72 Å². The van der Waals surface area contributed by atoms with Crippen LogP contribution in [0.15, 0.2) is 23.3 Å². The maximum Gasteiger partial charge on any atom is 0.322 e. The predicted octanol–water partition coefficient (Wildman–Crippen LogP) is 4.17. The molecule has 10 heteroatoms. The van der Waals surface area contributed by atoms with Crippen LogP contribution in [0.1, 0.15) is 93.4 Å². The van der Waals surface area contributed by atoms with Gasteiger partial charge in [0.1, 0.15) is 11.7 Å². The van der Waals surface area contributed by atoms with E-state index in [9.17, 15) is 33.2 Å². The van der Waals surface area contributed by atoms with Crippen molar-refractivity contribution in [2.45, 2.75) is 105 Å². The number of carbonyl (C=O) groups is 3. The van der Waals surface area contributed by atoms with E-state index in [2.05, 4.69) is 29.4 Å². The van der Waals surface area contributed by atoms with E-state index in [4.69, 9.17) is 0 Å². The van der Waals surface area contributed by atoms with Crippen molar-refractivity contribution in [2.24, 2.45) is 38.9 Å². The average molecular weight is 615 g/mol. The van der Waals surface area contributed by atoms with Crippen LogP contribution in [-0.4, -0.2) is 55.1 Å². The molecule has 2 N–H and O–H groups in total. The fourth-order valence-electron chi connectivity index (χ4n) is 10.5. The lowest BCUT2D eigenvalue weighted by molar-refractivity contribution is -0.239. The van der Waals surface area contributed by atoms with E-state index in [1.807, 2.05) is 27.7 Å². The number of fused-ring (bicyclic) bond motifs is 7. The van der Waals surface area contributed by atoms with Crippen LogP contribution in [-0.2, 0) is 29.1 Å². The number of nitrogens with one attached hydrogen (secondary N) is 1. The molecule has 0 aromatic rings. The summed E-state index contributed by atoms with van der Waals surface area (Å²) >= 11 is 0. The molecule has 0 radical (unpaired) electrons. The Labute approximate surface area is 255 Å². The van der Waals surface area contributed by atoms with Gasteiger partial charge in [-0.3, -0.25) is 14.4 Å². The number of carbonyl (C=O) groups excluding carboxylic acids is 3. The van der Waals surface area contributed by atoms with Crippen LogP contribution in [0.2, 0.25) is 0 Å². The number of aliphatic hydroxyl groups is 1. The fraction of sp³-hybridized carbons (Fsp3) is 0.758. The maximum absolute atomic E-state index is 14.5. The first-order valence-electron chi connectivity index (χ1n) is 15.3. The number of nitriles is 1. The first-order chi connectivity index (χ1) is 19.6. The minimum Gasteiger partial charge on any atom is -0.468 e. The van der Waals surface area contributed by atoms with Crippen LogP contribution in [0.25, 0.3) is 0 Å². The summed E-state index contributed by atoms with van der Waals surface area (Å²) in [7, 11) is -2.89. The molecule has 9 nitrogen and oxygen atoms in total. The molecule has 3 saturated carbocycles. The summed E-state index contributed by atoms with van der Waals surface area (Å²) in [5.74, 6) is -2.87. The van der Waals surface area contributed by atoms with E-state index in [0.29, 0.717) is 32.1 Å². The first kappa shape index (κ1) is 32.1. The monoisotopic (exact) mass is 614 g/mol. The molecule has 5 rings (SSSR count). The predicted molar refractivity (Wildman–Crippen MR) is 160 cm³/mol. The Bertz CT molecular complexity index is 1520. The largest absolute Gasteiger partial charge is 0.468 e. The highest BCUT2D eigenvalue weighted by atomic mass is 32.2. The van der Waals surface area contributed by atoms with Crippen LogP contribution in [0.5, 0.6) is 0 Å². The molecule has 0 bridgehead atoms. The van der Waals surface area contributed by atoms with Crippen LogP contribution >= 0.6 is 0 Å². The summed E-state index contributed by atoms with van der Waals surface area (Å²) in [6.07, 6.45) is 7.49. The normalized spacial score (nSPS) is 45.3. The third-order valence-corrected chi connectivity index (χ3v) is 14.6. The summed E-state index contributed by atoms with van der Waals surface area (Å²) in [6.45, 7) is 13.9. The van der Waals surface area contributed by atoms with Crippen molar-refractivity contribution in [2.75, 3.05) is 12.9 Å². The fourth-order valence-corrected chi connectivity index (χ4v) is 11.9. The molecule has 3 fully saturated rings. The zero-order chi connectivity index (χ0) is 32.2. The third-order valence-electron chi connectivity index (χ3n) is 13.2.